The summed E-state index contributed by atoms with van der Waals surface area (Å²) in [5.41, 5.74) is 0. The van der Waals surface area contributed by atoms with Crippen molar-refractivity contribution in [1.29, 1.82) is 0 Å². The summed E-state index contributed by atoms with van der Waals surface area (Å²) in [6.07, 6.45) is 4.46. The topological polar surface area (TPSA) is 373 Å². The minimum absolute atomic E-state index is 0.204. The third-order valence-electron chi connectivity index (χ3n) is 15.7. The highest BCUT2D eigenvalue weighted by Crippen LogP contribution is 2.38. The van der Waals surface area contributed by atoms with Crippen LogP contribution in [0.5, 0.6) is 0 Å². The van der Waals surface area contributed by atoms with Gasteiger partial charge in [0.1, 0.15) is 67.1 Å². The minimum Gasteiger partial charge on any atom is -0.477 e. The van der Waals surface area contributed by atoms with Gasteiger partial charge in [-0.2, -0.15) is 0 Å². The van der Waals surface area contributed by atoms with Crippen LogP contribution in [0.2, 0.25) is 0 Å². The molecule has 81 heavy (non-hydrogen) atoms. The van der Waals surface area contributed by atoms with Crippen LogP contribution in [0.15, 0.2) is 12.2 Å². The number of allylic oxidation sites excluding steroid dienone is 1. The van der Waals surface area contributed by atoms with Crippen LogP contribution in [0.25, 0.3) is 0 Å². The summed E-state index contributed by atoms with van der Waals surface area (Å²) in [6, 6.07) is -2.61. The standard InChI is InChI=1S/C58H106N2O21/c1-4-6-8-10-12-14-15-16-17-18-19-20-21-22-24-26-28-30-32-45(68)60-39(40(65)31-29-27-25-23-13-11-9-7-5-2)37-76-55-50(72)49(71)52(44(36-63)78-55)79-56-51(73)54(48(70)43(35-62)77-56)81-58(57(74)75)33-41(66)46(59-38(3)64)53(80-58)47(69)42(67)34-61/h29,31,39-44,46-56,61-63,65-67,69-73H,4-28,30,32-37H2,1-3H3,(H,59,64)(H,60,68)(H,74,75)/b31-29+. The largest absolute Gasteiger partial charge is 0.477 e. The first-order valence-corrected chi connectivity index (χ1v) is 30.6. The van der Waals surface area contributed by atoms with Gasteiger partial charge in [-0.1, -0.05) is 174 Å². The van der Waals surface area contributed by atoms with E-state index in [4.69, 9.17) is 28.4 Å². The number of rotatable bonds is 44. The number of aliphatic hydroxyl groups excluding tert-OH is 11. The number of hydrogen-bond donors (Lipinski definition) is 14. The van der Waals surface area contributed by atoms with Gasteiger partial charge in [0.15, 0.2) is 12.6 Å². The molecule has 3 heterocycles. The van der Waals surface area contributed by atoms with Gasteiger partial charge in [0.05, 0.1) is 50.7 Å². The number of unbranched alkanes of at least 4 members (excludes halogenated alkanes) is 24. The predicted octanol–water partition coefficient (Wildman–Crippen LogP) is 2.78. The van der Waals surface area contributed by atoms with Crippen molar-refractivity contribution in [2.45, 2.75) is 310 Å². The summed E-state index contributed by atoms with van der Waals surface area (Å²) >= 11 is 0. The second-order valence-corrected chi connectivity index (χ2v) is 22.6. The molecule has 474 valence electrons. The molecule has 3 aliphatic heterocycles. The molecular formula is C58H106N2O21. The lowest BCUT2D eigenvalue weighted by Gasteiger charge is -2.50. The molecule has 2 amide bonds. The van der Waals surface area contributed by atoms with E-state index in [2.05, 4.69) is 24.5 Å². The zero-order valence-electron chi connectivity index (χ0n) is 48.6. The molecule has 0 aromatic rings. The monoisotopic (exact) mass is 1170 g/mol. The van der Waals surface area contributed by atoms with E-state index >= 15 is 0 Å². The molecule has 23 nitrogen and oxygen atoms in total. The number of carbonyl (C=O) groups is 3. The molecule has 0 aromatic carbocycles. The quantitative estimate of drug-likeness (QED) is 0.0308. The van der Waals surface area contributed by atoms with Crippen LogP contribution >= 0.6 is 0 Å². The normalized spacial score (nSPS) is 30.5. The van der Waals surface area contributed by atoms with Gasteiger partial charge in [0.2, 0.25) is 11.8 Å². The Morgan fingerprint density at radius 3 is 1.64 bits per heavy atom. The Bertz CT molecular complexity index is 1720. The zero-order chi connectivity index (χ0) is 59.7. The average molecular weight is 1170 g/mol. The summed E-state index contributed by atoms with van der Waals surface area (Å²) in [5, 5.41) is 135. The SMILES string of the molecule is CCCCCCCCC/C=C/C(O)C(COC1OC(CO)C(OC2OC(CO)C(O)C(OC3(C(=O)O)CC(O)C(NC(C)=O)C(C(O)C(O)CO)O3)C2O)C(O)C1O)NC(=O)CCCCCCCCCCCCCCCCCCCC. The fourth-order valence-electron chi connectivity index (χ4n) is 10.8. The predicted molar refractivity (Wildman–Crippen MR) is 297 cm³/mol. The van der Waals surface area contributed by atoms with Crippen molar-refractivity contribution in [2.75, 3.05) is 26.4 Å². The molecule has 3 aliphatic rings. The van der Waals surface area contributed by atoms with E-state index in [9.17, 15) is 75.7 Å². The third-order valence-corrected chi connectivity index (χ3v) is 15.7. The van der Waals surface area contributed by atoms with Crippen molar-refractivity contribution in [1.82, 2.24) is 10.6 Å². The molecule has 0 aromatic heterocycles. The molecule has 0 radical (unpaired) electrons. The molecular weight excluding hydrogens is 1060 g/mol. The number of aliphatic carboxylic acids is 1. The summed E-state index contributed by atoms with van der Waals surface area (Å²) in [4.78, 5) is 38.3. The number of ether oxygens (including phenoxy) is 6. The highest BCUT2D eigenvalue weighted by molar-refractivity contribution is 5.77. The zero-order valence-corrected chi connectivity index (χ0v) is 48.6. The molecule has 14 N–H and O–H groups in total. The van der Waals surface area contributed by atoms with Gasteiger partial charge in [-0.15, -0.1) is 0 Å². The number of carboxylic acids is 1. The van der Waals surface area contributed by atoms with E-state index in [0.29, 0.717) is 12.8 Å². The van der Waals surface area contributed by atoms with Crippen LogP contribution < -0.4 is 10.6 Å². The van der Waals surface area contributed by atoms with E-state index in [1.807, 2.05) is 6.08 Å². The number of carbonyl (C=O) groups excluding carboxylic acids is 2. The molecule has 18 atom stereocenters. The fraction of sp³-hybridized carbons (Fsp3) is 0.914. The second kappa shape index (κ2) is 40.7. The van der Waals surface area contributed by atoms with Crippen LogP contribution in [0.1, 0.15) is 201 Å². The van der Waals surface area contributed by atoms with Crippen molar-refractivity contribution in [2.24, 2.45) is 0 Å². The second-order valence-electron chi connectivity index (χ2n) is 22.6. The number of carboxylic acid groups (broad SMARTS) is 1. The van der Waals surface area contributed by atoms with Gasteiger partial charge in [0.25, 0.3) is 5.79 Å². The Morgan fingerprint density at radius 1 is 0.642 bits per heavy atom. The molecule has 18 unspecified atom stereocenters. The van der Waals surface area contributed by atoms with Crippen LogP contribution in [-0.4, -0.2) is 215 Å². The number of nitrogens with one attached hydrogen (secondary N) is 2. The Hall–Kier alpha value is -2.53. The van der Waals surface area contributed by atoms with E-state index in [1.165, 1.54) is 96.3 Å². The first-order valence-electron chi connectivity index (χ1n) is 30.6. The van der Waals surface area contributed by atoms with E-state index in [1.54, 1.807) is 6.08 Å². The lowest BCUT2D eigenvalue weighted by Crippen LogP contribution is -2.70. The fourth-order valence-corrected chi connectivity index (χ4v) is 10.8. The lowest BCUT2D eigenvalue weighted by atomic mass is 9.88. The third kappa shape index (κ3) is 25.1. The van der Waals surface area contributed by atoms with E-state index in [-0.39, 0.29) is 12.3 Å². The summed E-state index contributed by atoms with van der Waals surface area (Å²) in [7, 11) is 0. The summed E-state index contributed by atoms with van der Waals surface area (Å²) in [5.74, 6) is -6.14. The van der Waals surface area contributed by atoms with E-state index < -0.39 is 155 Å². The maximum atomic E-state index is 13.3. The van der Waals surface area contributed by atoms with Gasteiger partial charge >= 0.3 is 5.97 Å². The lowest BCUT2D eigenvalue weighted by molar-refractivity contribution is -0.386. The molecule has 3 rings (SSSR count). The van der Waals surface area contributed by atoms with Crippen LogP contribution in [0.4, 0.5) is 0 Å². The molecule has 0 saturated carbocycles. The molecule has 0 aliphatic carbocycles. The van der Waals surface area contributed by atoms with Crippen molar-refractivity contribution in [3.63, 3.8) is 0 Å². The van der Waals surface area contributed by atoms with Gasteiger partial charge in [0, 0.05) is 19.8 Å². The highest BCUT2D eigenvalue weighted by atomic mass is 16.8. The van der Waals surface area contributed by atoms with Crippen molar-refractivity contribution < 1.29 is 104 Å². The van der Waals surface area contributed by atoms with Gasteiger partial charge in [-0.25, -0.2) is 4.79 Å². The van der Waals surface area contributed by atoms with Crippen LogP contribution in [0, 0.1) is 0 Å². The molecule has 3 saturated heterocycles. The first-order chi connectivity index (χ1) is 38.9. The van der Waals surface area contributed by atoms with Crippen LogP contribution in [0.3, 0.4) is 0 Å². The number of amides is 2. The van der Waals surface area contributed by atoms with Crippen molar-refractivity contribution in [3.05, 3.63) is 12.2 Å². The number of hydrogen-bond acceptors (Lipinski definition) is 20. The summed E-state index contributed by atoms with van der Waals surface area (Å²) in [6.45, 7) is 2.07. The molecule has 3 fully saturated rings. The maximum absolute atomic E-state index is 13.3. The minimum atomic E-state index is -3.08. The first kappa shape index (κ1) is 72.7. The van der Waals surface area contributed by atoms with E-state index in [0.717, 1.165) is 64.7 Å². The maximum Gasteiger partial charge on any atom is 0.364 e. The van der Waals surface area contributed by atoms with Gasteiger partial charge < -0.3 is 100 Å². The Kier molecular flexibility index (Phi) is 36.6. The van der Waals surface area contributed by atoms with Crippen LogP contribution in [-0.2, 0) is 42.8 Å². The molecule has 0 bridgehead atoms. The molecule has 23 heteroatoms. The molecule has 0 spiro atoms. The van der Waals surface area contributed by atoms with Gasteiger partial charge in [-0.3, -0.25) is 9.59 Å². The van der Waals surface area contributed by atoms with Crippen molar-refractivity contribution in [3.8, 4) is 0 Å². The highest BCUT2D eigenvalue weighted by Gasteiger charge is 2.60. The smallest absolute Gasteiger partial charge is 0.364 e. The van der Waals surface area contributed by atoms with Gasteiger partial charge in [-0.05, 0) is 19.3 Å². The summed E-state index contributed by atoms with van der Waals surface area (Å²) < 4.78 is 34.6. The van der Waals surface area contributed by atoms with Crippen molar-refractivity contribution >= 4 is 17.8 Å². The Labute approximate surface area is 480 Å². The Morgan fingerprint density at radius 2 is 1.15 bits per heavy atom. The average Bonchev–Trinajstić information content (AvgIpc) is 3.55. The number of aliphatic hydroxyl groups is 11. The Balaban J connectivity index is 1.63.